The maximum atomic E-state index is 14.0. The normalized spacial score (nSPS) is 20.4. The molecule has 37 heavy (non-hydrogen) atoms. The van der Waals surface area contributed by atoms with Gasteiger partial charge in [-0.2, -0.15) is 0 Å². The molecule has 1 aliphatic carbocycles. The van der Waals surface area contributed by atoms with Crippen LogP contribution < -0.4 is 10.6 Å². The molecule has 2 amide bonds. The number of benzene rings is 2. The maximum Gasteiger partial charge on any atom is 0.269 e. The molecule has 3 N–H and O–H groups in total. The van der Waals surface area contributed by atoms with Crippen molar-refractivity contribution in [1.29, 1.82) is 0 Å². The molecule has 2 aromatic carbocycles. The van der Waals surface area contributed by atoms with Crippen molar-refractivity contribution in [2.24, 2.45) is 5.92 Å². The van der Waals surface area contributed by atoms with Crippen molar-refractivity contribution in [2.45, 2.75) is 44.3 Å². The Morgan fingerprint density at radius 2 is 1.86 bits per heavy atom. The third kappa shape index (κ3) is 5.10. The number of nitrogens with one attached hydrogen (secondary N) is 3. The molecule has 2 aliphatic rings. The van der Waals surface area contributed by atoms with Gasteiger partial charge in [0.15, 0.2) is 5.78 Å². The van der Waals surface area contributed by atoms with Gasteiger partial charge in [0.05, 0.1) is 4.92 Å². The molecule has 1 saturated carbocycles. The second kappa shape index (κ2) is 10.1. The van der Waals surface area contributed by atoms with Crippen molar-refractivity contribution >= 4 is 34.2 Å². The summed E-state index contributed by atoms with van der Waals surface area (Å²) in [5.74, 6) is -0.765. The molecule has 0 spiro atoms. The number of carbonyl (C=O) groups is 3. The number of piperazine rings is 1. The van der Waals surface area contributed by atoms with Crippen molar-refractivity contribution in [3.63, 3.8) is 0 Å². The number of para-hydroxylation sites is 1. The maximum absolute atomic E-state index is 14.0. The first kappa shape index (κ1) is 24.6. The smallest absolute Gasteiger partial charge is 0.269 e. The summed E-state index contributed by atoms with van der Waals surface area (Å²) in [6, 6.07) is 11.3. The van der Waals surface area contributed by atoms with E-state index in [0.717, 1.165) is 29.3 Å². The topological polar surface area (TPSA) is 137 Å². The summed E-state index contributed by atoms with van der Waals surface area (Å²) in [5.41, 5.74) is 1.87. The molecule has 3 unspecified atom stereocenters. The lowest BCUT2D eigenvalue weighted by Gasteiger charge is -2.41. The van der Waals surface area contributed by atoms with Crippen molar-refractivity contribution < 1.29 is 19.3 Å². The summed E-state index contributed by atoms with van der Waals surface area (Å²) in [4.78, 5) is 55.6. The van der Waals surface area contributed by atoms with Gasteiger partial charge in [0.1, 0.15) is 12.1 Å². The number of amides is 2. The molecule has 3 atom stereocenters. The minimum absolute atomic E-state index is 0.00980. The number of H-pyrrole nitrogens is 1. The van der Waals surface area contributed by atoms with Gasteiger partial charge in [-0.05, 0) is 43.5 Å². The molecule has 1 aromatic heterocycles. The number of nitro benzene ring substituents is 1. The van der Waals surface area contributed by atoms with E-state index in [9.17, 15) is 24.5 Å². The number of hydrogen-bond donors (Lipinski definition) is 3. The van der Waals surface area contributed by atoms with Crippen molar-refractivity contribution in [3.8, 4) is 0 Å². The molecular formula is C27H29N5O5. The average Bonchev–Trinajstić information content (AvgIpc) is 3.68. The van der Waals surface area contributed by atoms with Crippen molar-refractivity contribution in [3.05, 3.63) is 76.0 Å². The summed E-state index contributed by atoms with van der Waals surface area (Å²) < 4.78 is 0. The molecule has 5 rings (SSSR count). The zero-order valence-electron chi connectivity index (χ0n) is 20.5. The number of Topliss-reactive ketones (excluding diaryl/α,β-unsaturated/α-hetero) is 1. The lowest BCUT2D eigenvalue weighted by molar-refractivity contribution is -0.384. The van der Waals surface area contributed by atoms with E-state index in [1.807, 2.05) is 37.4 Å². The molecular weight excluding hydrogens is 474 g/mol. The van der Waals surface area contributed by atoms with Gasteiger partial charge >= 0.3 is 0 Å². The van der Waals surface area contributed by atoms with Crippen LogP contribution in [0.2, 0.25) is 0 Å². The molecule has 0 bridgehead atoms. The van der Waals surface area contributed by atoms with E-state index in [1.165, 1.54) is 24.3 Å². The number of fused-ring (bicyclic) bond motifs is 1. The van der Waals surface area contributed by atoms with Gasteiger partial charge in [-0.25, -0.2) is 0 Å². The summed E-state index contributed by atoms with van der Waals surface area (Å²) in [6.07, 6.45) is 3.75. The van der Waals surface area contributed by atoms with Gasteiger partial charge < -0.3 is 20.5 Å². The van der Waals surface area contributed by atoms with E-state index in [4.69, 9.17) is 0 Å². The van der Waals surface area contributed by atoms with Crippen molar-refractivity contribution in [2.75, 3.05) is 13.1 Å². The first-order valence-corrected chi connectivity index (χ1v) is 12.5. The van der Waals surface area contributed by atoms with Gasteiger partial charge in [0.25, 0.3) is 11.6 Å². The first-order valence-electron chi connectivity index (χ1n) is 12.5. The monoisotopic (exact) mass is 503 g/mol. The summed E-state index contributed by atoms with van der Waals surface area (Å²) in [7, 11) is 0. The molecule has 2 heterocycles. The fourth-order valence-electron chi connectivity index (χ4n) is 5.09. The number of ketones is 1. The number of nitro groups is 1. The van der Waals surface area contributed by atoms with Gasteiger partial charge in [0, 0.05) is 66.3 Å². The van der Waals surface area contributed by atoms with E-state index in [0.29, 0.717) is 13.1 Å². The Hall–Kier alpha value is -4.05. The Kier molecular flexibility index (Phi) is 6.75. The van der Waals surface area contributed by atoms with E-state index >= 15 is 0 Å². The van der Waals surface area contributed by atoms with Crippen molar-refractivity contribution in [1.82, 2.24) is 20.5 Å². The Balaban J connectivity index is 1.44. The van der Waals surface area contributed by atoms with Crippen LogP contribution in [0.3, 0.4) is 0 Å². The predicted molar refractivity (Wildman–Crippen MR) is 137 cm³/mol. The van der Waals surface area contributed by atoms with Crippen LogP contribution in [-0.2, 0) is 16.0 Å². The SMILES string of the molecule is CC1NCCN(C(=O)C(Cc2c[nH]c3ccccc23)NC(=O)c2ccc([N+](=O)[O-])cc2)C1C(=O)C1CC1. The van der Waals surface area contributed by atoms with E-state index in [2.05, 4.69) is 15.6 Å². The van der Waals surface area contributed by atoms with Gasteiger partial charge in [0.2, 0.25) is 5.91 Å². The Morgan fingerprint density at radius 1 is 1.14 bits per heavy atom. The number of carbonyl (C=O) groups excluding carboxylic acids is 3. The molecule has 10 heteroatoms. The van der Waals surface area contributed by atoms with Crippen LogP contribution >= 0.6 is 0 Å². The number of hydrogen-bond acceptors (Lipinski definition) is 6. The number of non-ortho nitro benzene ring substituents is 1. The minimum atomic E-state index is -0.929. The van der Waals surface area contributed by atoms with Crippen LogP contribution in [0.1, 0.15) is 35.7 Å². The fourth-order valence-corrected chi connectivity index (χ4v) is 5.09. The summed E-state index contributed by atoms with van der Waals surface area (Å²) in [6.45, 7) is 2.83. The minimum Gasteiger partial charge on any atom is -0.361 e. The standard InChI is InChI=1S/C27H29N5O5/c1-16-24(25(33)17-6-7-17)31(13-12-28-16)27(35)23(14-19-15-29-22-5-3-2-4-21(19)22)30-26(34)18-8-10-20(11-9-18)32(36)37/h2-5,8-11,15-17,23-24,28-29H,6-7,12-14H2,1H3,(H,30,34). The Labute approximate surface area is 213 Å². The lowest BCUT2D eigenvalue weighted by atomic mass is 9.95. The van der Waals surface area contributed by atoms with Crippen LogP contribution in [-0.4, -0.2) is 63.6 Å². The highest BCUT2D eigenvalue weighted by atomic mass is 16.6. The third-order valence-corrected chi connectivity index (χ3v) is 7.23. The van der Waals surface area contributed by atoms with Crippen LogP contribution in [0.5, 0.6) is 0 Å². The molecule has 1 saturated heterocycles. The number of nitrogens with zero attached hydrogens (tertiary/aromatic N) is 2. The van der Waals surface area contributed by atoms with Gasteiger partial charge in [-0.15, -0.1) is 0 Å². The van der Waals surface area contributed by atoms with Crippen LogP contribution in [0.4, 0.5) is 5.69 Å². The molecule has 3 aromatic rings. The third-order valence-electron chi connectivity index (χ3n) is 7.23. The zero-order valence-corrected chi connectivity index (χ0v) is 20.5. The van der Waals surface area contributed by atoms with Gasteiger partial charge in [-0.3, -0.25) is 24.5 Å². The highest BCUT2D eigenvalue weighted by molar-refractivity contribution is 5.99. The number of aromatic amines is 1. The Bertz CT molecular complexity index is 1350. The molecule has 2 fully saturated rings. The largest absolute Gasteiger partial charge is 0.361 e. The van der Waals surface area contributed by atoms with Crippen LogP contribution in [0.15, 0.2) is 54.7 Å². The molecule has 0 radical (unpaired) electrons. The summed E-state index contributed by atoms with van der Waals surface area (Å²) >= 11 is 0. The predicted octanol–water partition coefficient (Wildman–Crippen LogP) is 2.59. The van der Waals surface area contributed by atoms with Crippen LogP contribution in [0.25, 0.3) is 10.9 Å². The highest BCUT2D eigenvalue weighted by Crippen LogP contribution is 2.33. The number of rotatable bonds is 8. The van der Waals surface area contributed by atoms with E-state index in [-0.39, 0.29) is 41.3 Å². The second-order valence-electron chi connectivity index (χ2n) is 9.79. The fraction of sp³-hybridized carbons (Fsp3) is 0.370. The van der Waals surface area contributed by atoms with E-state index < -0.39 is 22.9 Å². The highest BCUT2D eigenvalue weighted by Gasteiger charge is 2.44. The summed E-state index contributed by atoms with van der Waals surface area (Å²) in [5, 5.41) is 18.1. The lowest BCUT2D eigenvalue weighted by Crippen LogP contribution is -2.65. The zero-order chi connectivity index (χ0) is 26.1. The first-order chi connectivity index (χ1) is 17.8. The Morgan fingerprint density at radius 3 is 2.57 bits per heavy atom. The average molecular weight is 504 g/mol. The quantitative estimate of drug-likeness (QED) is 0.319. The molecule has 10 nitrogen and oxygen atoms in total. The number of aromatic nitrogens is 1. The van der Waals surface area contributed by atoms with Gasteiger partial charge in [-0.1, -0.05) is 18.2 Å². The molecule has 1 aliphatic heterocycles. The molecule has 192 valence electrons. The second-order valence-corrected chi connectivity index (χ2v) is 9.79. The van der Waals surface area contributed by atoms with E-state index in [1.54, 1.807) is 4.90 Å². The van der Waals surface area contributed by atoms with Crippen LogP contribution in [0, 0.1) is 16.0 Å².